The molecule has 0 saturated carbocycles. The van der Waals surface area contributed by atoms with Gasteiger partial charge >= 0.3 is 86.7 Å². The first kappa shape index (κ1) is 112. The minimum absolute atomic E-state index is 0. The zero-order valence-corrected chi connectivity index (χ0v) is 75.5. The van der Waals surface area contributed by atoms with E-state index in [2.05, 4.69) is 87.1 Å². The summed E-state index contributed by atoms with van der Waals surface area (Å²) in [7, 11) is -9.63. The van der Waals surface area contributed by atoms with Crippen molar-refractivity contribution in [3.8, 4) is 0 Å². The zero-order chi connectivity index (χ0) is 79.0. The number of nitrogens with one attached hydrogen (secondary N) is 4. The molecule has 24 nitrogen and oxygen atoms in total. The molecule has 0 aromatic heterocycles. The van der Waals surface area contributed by atoms with Crippen molar-refractivity contribution in [3.05, 3.63) is 24.3 Å². The van der Waals surface area contributed by atoms with Crippen LogP contribution in [0, 0.1) is 0 Å². The first-order chi connectivity index (χ1) is 51.7. The van der Waals surface area contributed by atoms with E-state index >= 15 is 0 Å². The Labute approximate surface area is 707 Å². The smallest absolute Gasteiger partial charge is 1.00 e. The minimum Gasteiger partial charge on any atom is -1.00 e. The minimum atomic E-state index is -4.82. The fraction of sp³-hybridized carbons (Fsp3) is 0.877. The molecule has 0 saturated heterocycles. The number of unbranched alkanes of at least 4 members (excludes halogenated alkanes) is 30. The summed E-state index contributed by atoms with van der Waals surface area (Å²) in [6.07, 6.45) is 47.7. The maximum Gasteiger partial charge on any atom is 1.00 e. The Bertz CT molecular complexity index is 2350. The van der Waals surface area contributed by atoms with Crippen molar-refractivity contribution >= 4 is 51.2 Å². The first-order valence-electron chi connectivity index (χ1n) is 42.3. The monoisotopic (exact) mass is 1610 g/mol. The quantitative estimate of drug-likeness (QED) is 0.00700. The second-order valence-electron chi connectivity index (χ2n) is 28.9. The molecule has 0 aromatic carbocycles. The molecular formula is C81H156N4Na2O20P2. The summed E-state index contributed by atoms with van der Waals surface area (Å²) in [4.78, 5) is 101. The van der Waals surface area contributed by atoms with Gasteiger partial charge in [0, 0.05) is 39.1 Å². The molecule has 28 heteroatoms. The van der Waals surface area contributed by atoms with Crippen LogP contribution in [0.15, 0.2) is 24.3 Å². The second-order valence-corrected chi connectivity index (χ2v) is 31.8. The van der Waals surface area contributed by atoms with Gasteiger partial charge in [-0.1, -0.05) is 246 Å². The molecule has 0 aliphatic heterocycles. The molecule has 0 heterocycles. The van der Waals surface area contributed by atoms with E-state index in [0.29, 0.717) is 51.4 Å². The van der Waals surface area contributed by atoms with Crippen LogP contribution in [-0.4, -0.2) is 158 Å². The maximum absolute atomic E-state index is 13.8. The van der Waals surface area contributed by atoms with Crippen molar-refractivity contribution in [1.82, 2.24) is 21.3 Å². The summed E-state index contributed by atoms with van der Waals surface area (Å²) in [5.41, 5.74) is 0. The molecule has 5 unspecified atom stereocenters. The second kappa shape index (κ2) is 80.2. The standard InChI is InChI=1S/C81H154N4O20P2.2Na.2H/c1-7-13-19-25-28-31-34-40-46-52-75(105-81(93)54-48-42-36-33-30-27-21-15-9-3)64-79(91)85-71(67-99-60-56-73(87)50-44-38-23-17-11-5)69-103-107(96,97)101-62-58-83-77(89)65-76(88)82-57-61-100-106(94,95)102-68-70(66-98-59-55-72(86)49-43-37-22-16-10-4)84-78(90)63-74(51-45-39-24-18-12-6)104-80(92)53-47-41-35-32-29-26-20-14-8-2;;;;/h32-33,35-36,70-75,86-87H,7-31,34,37-69H2,1-6H3,(H,82,88)(H,83,89)(H,84,90)(H,85,91)(H,94,95)(H,96,97);;;;/q;2*+1;2*-1/b35-32+,36-33+;;;;/t70?,71?,72-,73-,74?,75-;;;;/m1..../s1. The SMILES string of the molecule is CCCCCC/C=C/CCCC(=O)OC(CCCCCCC)CC(=O)NC(COCC[C@H](O)CCCCCCC)COP(=O)(O)OCCNC(=O)CC(=O)NCCOP(=O)(O)OCC(COCC[C@H](O)CCCCCCC)NC(=O)C[C@@H](CCCCCCCCCCC)OC(=O)CCC/C=C/CCCCCC.[H-].[H-].[Na+].[Na+]. The van der Waals surface area contributed by atoms with Crippen molar-refractivity contribution < 1.29 is 157 Å². The number of aliphatic hydroxyl groups is 2. The van der Waals surface area contributed by atoms with Gasteiger partial charge in [0.1, 0.15) is 18.6 Å². The van der Waals surface area contributed by atoms with E-state index in [-0.39, 0.29) is 139 Å². The van der Waals surface area contributed by atoms with Gasteiger partial charge < -0.3 is 63.1 Å². The number of aliphatic hydroxyl groups excluding tert-OH is 2. The number of rotatable bonds is 80. The molecule has 0 rings (SSSR count). The summed E-state index contributed by atoms with van der Waals surface area (Å²) < 4.78 is 70.8. The molecule has 8 N–H and O–H groups in total. The fourth-order valence-corrected chi connectivity index (χ4v) is 13.5. The molecule has 109 heavy (non-hydrogen) atoms. The van der Waals surface area contributed by atoms with Crippen LogP contribution >= 0.6 is 15.6 Å². The van der Waals surface area contributed by atoms with Crippen molar-refractivity contribution in [1.29, 1.82) is 0 Å². The third-order valence-corrected chi connectivity index (χ3v) is 20.3. The van der Waals surface area contributed by atoms with Crippen LogP contribution in [0.2, 0.25) is 0 Å². The Balaban J connectivity index is -0.00000936. The topological polar surface area (TPSA) is 339 Å². The van der Waals surface area contributed by atoms with E-state index < -0.39 is 109 Å². The number of hydrogen-bond acceptors (Lipinski definition) is 18. The molecule has 0 bridgehead atoms. The maximum atomic E-state index is 13.8. The number of amides is 4. The van der Waals surface area contributed by atoms with Crippen molar-refractivity contribution in [3.63, 3.8) is 0 Å². The number of carbonyl (C=O) groups excluding carboxylic acids is 6. The van der Waals surface area contributed by atoms with Gasteiger partial charge in [0.05, 0.1) is 76.8 Å². The average Bonchev–Trinajstić information content (AvgIpc) is 0.900. The van der Waals surface area contributed by atoms with Crippen LogP contribution in [0.5, 0.6) is 0 Å². The predicted molar refractivity (Wildman–Crippen MR) is 428 cm³/mol. The van der Waals surface area contributed by atoms with E-state index in [0.717, 1.165) is 161 Å². The van der Waals surface area contributed by atoms with Gasteiger partial charge in [-0.15, -0.1) is 0 Å². The number of ether oxygens (including phenoxy) is 4. The molecule has 4 amide bonds. The normalized spacial score (nSPS) is 14.3. The van der Waals surface area contributed by atoms with Crippen LogP contribution < -0.4 is 80.4 Å². The predicted octanol–water partition coefficient (Wildman–Crippen LogP) is 11.6. The molecule has 0 spiro atoms. The van der Waals surface area contributed by atoms with Gasteiger partial charge in [-0.3, -0.25) is 46.9 Å². The van der Waals surface area contributed by atoms with Crippen LogP contribution in [0.25, 0.3) is 0 Å². The number of carbonyl (C=O) groups is 6. The van der Waals surface area contributed by atoms with E-state index in [4.69, 9.17) is 37.0 Å². The fourth-order valence-electron chi connectivity index (χ4n) is 11.9. The van der Waals surface area contributed by atoms with E-state index in [9.17, 15) is 57.9 Å². The average molecular weight is 1610 g/mol. The Kier molecular flexibility index (Phi) is 82.0. The molecule has 0 radical (unpaired) electrons. The summed E-state index contributed by atoms with van der Waals surface area (Å²) >= 11 is 0. The Morgan fingerprint density at radius 2 is 0.651 bits per heavy atom. The molecule has 0 aliphatic rings. The first-order valence-corrected chi connectivity index (χ1v) is 45.3. The van der Waals surface area contributed by atoms with Crippen molar-refractivity contribution in [2.75, 3.05) is 65.9 Å². The number of hydrogen-bond donors (Lipinski definition) is 8. The van der Waals surface area contributed by atoms with Crippen LogP contribution in [0.1, 0.15) is 359 Å². The van der Waals surface area contributed by atoms with E-state index in [1.54, 1.807) is 0 Å². The summed E-state index contributed by atoms with van der Waals surface area (Å²) in [6.45, 7) is 10.2. The van der Waals surface area contributed by atoms with Gasteiger partial charge in [0.2, 0.25) is 23.6 Å². The molecule has 8 atom stereocenters. The molecule has 632 valence electrons. The number of phosphoric acid groups is 2. The Morgan fingerprint density at radius 3 is 0.982 bits per heavy atom. The summed E-state index contributed by atoms with van der Waals surface area (Å²) in [5, 5.41) is 31.7. The van der Waals surface area contributed by atoms with Gasteiger partial charge in [-0.2, -0.15) is 0 Å². The van der Waals surface area contributed by atoms with Crippen molar-refractivity contribution in [2.24, 2.45) is 0 Å². The van der Waals surface area contributed by atoms with E-state index in [1.807, 2.05) is 0 Å². The molecule has 0 aliphatic carbocycles. The molecule has 0 fully saturated rings. The third kappa shape index (κ3) is 77.4. The van der Waals surface area contributed by atoms with Gasteiger partial charge in [0.25, 0.3) is 0 Å². The Morgan fingerprint density at radius 1 is 0.358 bits per heavy atom. The number of esters is 2. The van der Waals surface area contributed by atoms with E-state index in [1.165, 1.54) is 70.6 Å². The summed E-state index contributed by atoms with van der Waals surface area (Å²) in [6, 6.07) is -1.92. The molecule has 0 aromatic rings. The number of allylic oxidation sites excluding steroid dienone is 4. The summed E-state index contributed by atoms with van der Waals surface area (Å²) in [5.74, 6) is -3.29. The largest absolute Gasteiger partial charge is 1.00 e. The number of phosphoric ester groups is 2. The van der Waals surface area contributed by atoms with Crippen LogP contribution in [0.3, 0.4) is 0 Å². The molecular weight excluding hydrogens is 1460 g/mol. The van der Waals surface area contributed by atoms with Gasteiger partial charge in [-0.05, 0) is 103 Å². The Hall–Kier alpha value is -1.64. The van der Waals surface area contributed by atoms with Crippen LogP contribution in [-0.2, 0) is 74.9 Å². The third-order valence-electron chi connectivity index (χ3n) is 18.4. The zero-order valence-electron chi connectivity index (χ0n) is 71.7. The van der Waals surface area contributed by atoms with Crippen molar-refractivity contribution in [2.45, 2.75) is 393 Å². The van der Waals surface area contributed by atoms with Gasteiger partial charge in [-0.25, -0.2) is 9.13 Å². The van der Waals surface area contributed by atoms with Crippen LogP contribution in [0.4, 0.5) is 0 Å². The van der Waals surface area contributed by atoms with Gasteiger partial charge in [0.15, 0.2) is 0 Å².